The zero-order valence-corrected chi connectivity index (χ0v) is 10.7. The minimum atomic E-state index is -0.497. The van der Waals surface area contributed by atoms with Crippen molar-refractivity contribution in [1.82, 2.24) is 9.97 Å². The third-order valence-corrected chi connectivity index (χ3v) is 3.47. The maximum atomic E-state index is 13.5. The zero-order chi connectivity index (χ0) is 13.0. The number of nitrogens with one attached hydrogen (secondary N) is 2. The fraction of sp³-hybridized carbons (Fsp3) is 0.273. The molecular weight excluding hydrogens is 253 g/mol. The fourth-order valence-electron chi connectivity index (χ4n) is 1.56. The summed E-state index contributed by atoms with van der Waals surface area (Å²) in [5.74, 6) is 5.01. The summed E-state index contributed by atoms with van der Waals surface area (Å²) in [5.41, 5.74) is 3.55. The van der Waals surface area contributed by atoms with Crippen LogP contribution in [-0.4, -0.2) is 9.97 Å². The molecule has 2 rings (SSSR count). The first-order valence-corrected chi connectivity index (χ1v) is 6.40. The summed E-state index contributed by atoms with van der Waals surface area (Å²) >= 11 is 1.64. The number of aromatic nitrogens is 2. The average Bonchev–Trinajstić information content (AvgIpc) is 2.85. The van der Waals surface area contributed by atoms with Gasteiger partial charge in [0, 0.05) is 4.88 Å². The van der Waals surface area contributed by atoms with Gasteiger partial charge in [0.1, 0.15) is 0 Å². The molecule has 0 fully saturated rings. The molecule has 0 amide bonds. The van der Waals surface area contributed by atoms with E-state index in [1.807, 2.05) is 5.38 Å². The number of nitrogen functional groups attached to an aromatic ring is 1. The van der Waals surface area contributed by atoms with Gasteiger partial charge in [0.25, 0.3) is 0 Å². The van der Waals surface area contributed by atoms with Gasteiger partial charge in [0.2, 0.25) is 5.95 Å². The molecule has 0 aliphatic carbocycles. The number of aryl methyl sites for hydroxylation is 1. The van der Waals surface area contributed by atoms with Gasteiger partial charge in [-0.25, -0.2) is 15.2 Å². The van der Waals surface area contributed by atoms with Crippen LogP contribution in [0.3, 0.4) is 0 Å². The van der Waals surface area contributed by atoms with E-state index in [4.69, 9.17) is 5.84 Å². The van der Waals surface area contributed by atoms with E-state index >= 15 is 0 Å². The monoisotopic (exact) mass is 267 g/mol. The molecule has 2 aromatic rings. The number of nitrogens with two attached hydrogens (primary N) is 1. The minimum Gasteiger partial charge on any atom is -0.363 e. The summed E-state index contributed by atoms with van der Waals surface area (Å²) in [4.78, 5) is 8.77. The number of hydrazine groups is 1. The third kappa shape index (κ3) is 2.74. The number of anilines is 2. The van der Waals surface area contributed by atoms with Gasteiger partial charge in [0.15, 0.2) is 11.6 Å². The Labute approximate surface area is 108 Å². The predicted octanol–water partition coefficient (Wildman–Crippen LogP) is 2.14. The van der Waals surface area contributed by atoms with Crippen molar-refractivity contribution in [3.05, 3.63) is 33.9 Å². The fourth-order valence-corrected chi connectivity index (χ4v) is 2.48. The van der Waals surface area contributed by atoms with E-state index in [1.54, 1.807) is 11.3 Å². The predicted molar refractivity (Wildman–Crippen MR) is 70.8 cm³/mol. The van der Waals surface area contributed by atoms with E-state index in [1.165, 1.54) is 10.4 Å². The highest BCUT2D eigenvalue weighted by atomic mass is 32.1. The Morgan fingerprint density at radius 2 is 2.33 bits per heavy atom. The van der Waals surface area contributed by atoms with Gasteiger partial charge in [-0.1, -0.05) is 6.92 Å². The van der Waals surface area contributed by atoms with Crippen LogP contribution in [0.2, 0.25) is 0 Å². The molecular formula is C11H14FN5S. The molecule has 96 valence electrons. The van der Waals surface area contributed by atoms with Crippen LogP contribution in [0.5, 0.6) is 0 Å². The number of hydrogen-bond donors (Lipinski definition) is 3. The van der Waals surface area contributed by atoms with Crippen molar-refractivity contribution in [3.63, 3.8) is 0 Å². The molecule has 0 aliphatic heterocycles. The summed E-state index contributed by atoms with van der Waals surface area (Å²) in [5, 5.41) is 4.98. The maximum absolute atomic E-state index is 13.5. The van der Waals surface area contributed by atoms with Crippen LogP contribution in [0.4, 0.5) is 16.2 Å². The van der Waals surface area contributed by atoms with Crippen molar-refractivity contribution in [1.29, 1.82) is 0 Å². The SMILES string of the molecule is CCc1ccsc1CNc1nc(NN)ncc1F. The molecule has 0 spiro atoms. The van der Waals surface area contributed by atoms with Gasteiger partial charge in [-0.3, -0.25) is 5.43 Å². The molecule has 0 bridgehead atoms. The maximum Gasteiger partial charge on any atom is 0.239 e. The first-order chi connectivity index (χ1) is 8.74. The van der Waals surface area contributed by atoms with Crippen LogP contribution in [0.15, 0.2) is 17.6 Å². The number of rotatable bonds is 5. The molecule has 0 aromatic carbocycles. The van der Waals surface area contributed by atoms with Crippen molar-refractivity contribution in [2.75, 3.05) is 10.7 Å². The lowest BCUT2D eigenvalue weighted by atomic mass is 10.2. The first kappa shape index (κ1) is 12.7. The van der Waals surface area contributed by atoms with E-state index in [2.05, 4.69) is 33.7 Å². The number of halogens is 1. The van der Waals surface area contributed by atoms with Crippen molar-refractivity contribution < 1.29 is 4.39 Å². The van der Waals surface area contributed by atoms with E-state index in [0.717, 1.165) is 12.6 Å². The van der Waals surface area contributed by atoms with E-state index < -0.39 is 5.82 Å². The summed E-state index contributed by atoms with van der Waals surface area (Å²) in [7, 11) is 0. The Bertz CT molecular complexity index is 528. The lowest BCUT2D eigenvalue weighted by molar-refractivity contribution is 0.617. The van der Waals surface area contributed by atoms with Crippen molar-refractivity contribution in [2.24, 2.45) is 5.84 Å². The Balaban J connectivity index is 2.10. The molecule has 0 unspecified atom stereocenters. The quantitative estimate of drug-likeness (QED) is 0.571. The molecule has 7 heteroatoms. The second-order valence-corrected chi connectivity index (χ2v) is 4.61. The molecule has 2 heterocycles. The smallest absolute Gasteiger partial charge is 0.239 e. The number of hydrogen-bond acceptors (Lipinski definition) is 6. The normalized spacial score (nSPS) is 10.4. The van der Waals surface area contributed by atoms with Gasteiger partial charge in [-0.05, 0) is 23.4 Å². The van der Waals surface area contributed by atoms with E-state index in [0.29, 0.717) is 6.54 Å². The molecule has 5 nitrogen and oxygen atoms in total. The standard InChI is InChI=1S/C11H14FN5S/c1-2-7-3-4-18-9(7)6-14-10-8(12)5-15-11(16-10)17-13/h3-5H,2,6,13H2,1H3,(H2,14,15,16,17). The number of nitrogens with zero attached hydrogens (tertiary/aromatic N) is 2. The Kier molecular flexibility index (Phi) is 4.06. The highest BCUT2D eigenvalue weighted by Gasteiger charge is 2.08. The summed E-state index contributed by atoms with van der Waals surface area (Å²) in [6, 6.07) is 2.07. The average molecular weight is 267 g/mol. The van der Waals surface area contributed by atoms with Crippen molar-refractivity contribution >= 4 is 23.1 Å². The zero-order valence-electron chi connectivity index (χ0n) is 9.90. The topological polar surface area (TPSA) is 75.9 Å². The van der Waals surface area contributed by atoms with Crippen LogP contribution in [0.1, 0.15) is 17.4 Å². The van der Waals surface area contributed by atoms with Crippen LogP contribution < -0.4 is 16.6 Å². The molecule has 2 aromatic heterocycles. The molecule has 0 saturated heterocycles. The van der Waals surface area contributed by atoms with Gasteiger partial charge in [-0.15, -0.1) is 11.3 Å². The third-order valence-electron chi connectivity index (χ3n) is 2.51. The highest BCUT2D eigenvalue weighted by molar-refractivity contribution is 7.10. The second kappa shape index (κ2) is 5.74. The molecule has 0 radical (unpaired) electrons. The summed E-state index contributed by atoms with van der Waals surface area (Å²) in [6.45, 7) is 2.63. The van der Waals surface area contributed by atoms with Crippen molar-refractivity contribution in [3.8, 4) is 0 Å². The lowest BCUT2D eigenvalue weighted by Crippen LogP contribution is -2.13. The molecule has 4 N–H and O–H groups in total. The van der Waals surface area contributed by atoms with E-state index in [-0.39, 0.29) is 11.8 Å². The van der Waals surface area contributed by atoms with Gasteiger partial charge in [-0.2, -0.15) is 4.98 Å². The Hall–Kier alpha value is -1.73. The molecule has 0 saturated carbocycles. The Morgan fingerprint density at radius 1 is 1.50 bits per heavy atom. The van der Waals surface area contributed by atoms with Gasteiger partial charge >= 0.3 is 0 Å². The minimum absolute atomic E-state index is 0.147. The first-order valence-electron chi connectivity index (χ1n) is 5.52. The largest absolute Gasteiger partial charge is 0.363 e. The molecule has 18 heavy (non-hydrogen) atoms. The highest BCUT2D eigenvalue weighted by Crippen LogP contribution is 2.19. The van der Waals surface area contributed by atoms with Crippen LogP contribution >= 0.6 is 11.3 Å². The molecule has 0 atom stereocenters. The Morgan fingerprint density at radius 3 is 3.06 bits per heavy atom. The summed E-state index contributed by atoms with van der Waals surface area (Å²) in [6.07, 6.45) is 2.04. The summed E-state index contributed by atoms with van der Waals surface area (Å²) < 4.78 is 13.5. The van der Waals surface area contributed by atoms with Gasteiger partial charge < -0.3 is 5.32 Å². The van der Waals surface area contributed by atoms with Gasteiger partial charge in [0.05, 0.1) is 12.7 Å². The van der Waals surface area contributed by atoms with Crippen molar-refractivity contribution in [2.45, 2.75) is 19.9 Å². The molecule has 0 aliphatic rings. The lowest BCUT2D eigenvalue weighted by Gasteiger charge is -2.07. The number of thiophene rings is 1. The second-order valence-electron chi connectivity index (χ2n) is 3.61. The van der Waals surface area contributed by atoms with E-state index in [9.17, 15) is 4.39 Å². The van der Waals surface area contributed by atoms with Crippen LogP contribution in [0, 0.1) is 5.82 Å². The van der Waals surface area contributed by atoms with Crippen LogP contribution in [-0.2, 0) is 13.0 Å². The van der Waals surface area contributed by atoms with Crippen LogP contribution in [0.25, 0.3) is 0 Å².